The normalized spacial score (nSPS) is 11.9. The van der Waals surface area contributed by atoms with Crippen molar-refractivity contribution in [3.05, 3.63) is 120 Å². The number of hydrogen-bond donors (Lipinski definition) is 1. The zero-order valence-electron chi connectivity index (χ0n) is 30.1. The van der Waals surface area contributed by atoms with Crippen molar-refractivity contribution in [2.45, 2.75) is 79.1 Å². The van der Waals surface area contributed by atoms with Crippen molar-refractivity contribution in [2.75, 3.05) is 32.2 Å². The van der Waals surface area contributed by atoms with Crippen LogP contribution in [-0.2, 0) is 25.7 Å². The number of hydrogen-bond acceptors (Lipinski definition) is 7. The Morgan fingerprint density at radius 1 is 0.510 bits per heavy atom. The van der Waals surface area contributed by atoms with E-state index in [0.29, 0.717) is 56.1 Å². The van der Waals surface area contributed by atoms with Crippen molar-refractivity contribution in [3.8, 4) is 23.0 Å². The molecule has 0 saturated carbocycles. The molecule has 0 spiro atoms. The zero-order chi connectivity index (χ0) is 36.2. The lowest BCUT2D eigenvalue weighted by Gasteiger charge is -2.25. The molecule has 2 N–H and O–H groups in total. The number of nitrogen functional groups attached to an aromatic ring is 1. The highest BCUT2D eigenvalue weighted by atomic mass is 16.5. The van der Waals surface area contributed by atoms with E-state index >= 15 is 0 Å². The first-order chi connectivity index (χ1) is 25.0. The van der Waals surface area contributed by atoms with Gasteiger partial charge in [-0.1, -0.05) is 92.5 Å². The molecular weight excluding hydrogens is 642 g/mol. The lowest BCUT2D eigenvalue weighted by atomic mass is 9.89. The number of azide groups is 2. The third-order valence-electron chi connectivity index (χ3n) is 8.75. The largest absolute Gasteiger partial charge is 0.493 e. The summed E-state index contributed by atoms with van der Waals surface area (Å²) in [6.45, 7) is 10.3. The standard InChI is InChI=1S/C40H47N7O4/c1-5-18-48-37-26-12-9-13-27(37)23-29-15-11-17-31(39(29)50-20-7-3)25-33-36(45-47-43)34(41)35(44-46-42)32(40(33)51-21-8-4)24-30-16-10-14-28(22-26)38(30)49-19-6-2/h9-17H,5-8,18-25,41H2,1-4H3. The van der Waals surface area contributed by atoms with Gasteiger partial charge in [-0.25, -0.2) is 0 Å². The Kier molecular flexibility index (Phi) is 12.9. The van der Waals surface area contributed by atoms with Gasteiger partial charge in [-0.3, -0.25) is 0 Å². The van der Waals surface area contributed by atoms with Crippen molar-refractivity contribution in [1.29, 1.82) is 0 Å². The molecule has 0 radical (unpaired) electrons. The zero-order valence-corrected chi connectivity index (χ0v) is 30.1. The molecule has 0 saturated heterocycles. The monoisotopic (exact) mass is 689 g/mol. The fraction of sp³-hybridized carbons (Fsp3) is 0.400. The van der Waals surface area contributed by atoms with E-state index in [1.807, 2.05) is 31.2 Å². The maximum Gasteiger partial charge on any atom is 0.127 e. The van der Waals surface area contributed by atoms with Gasteiger partial charge in [0, 0.05) is 46.6 Å². The molecule has 266 valence electrons. The van der Waals surface area contributed by atoms with Gasteiger partial charge in [-0.15, -0.1) is 0 Å². The predicted molar refractivity (Wildman–Crippen MR) is 202 cm³/mol. The van der Waals surface area contributed by atoms with Crippen molar-refractivity contribution in [3.63, 3.8) is 0 Å². The van der Waals surface area contributed by atoms with Crippen molar-refractivity contribution >= 4 is 17.1 Å². The highest BCUT2D eigenvalue weighted by Gasteiger charge is 2.27. The average molecular weight is 690 g/mol. The van der Waals surface area contributed by atoms with E-state index in [2.05, 4.69) is 71.2 Å². The first-order valence-electron chi connectivity index (χ1n) is 17.9. The Labute approximate surface area is 299 Å². The minimum atomic E-state index is 0.0904. The van der Waals surface area contributed by atoms with Crippen LogP contribution in [0.5, 0.6) is 23.0 Å². The molecule has 4 aromatic rings. The third kappa shape index (κ3) is 8.28. The quantitative estimate of drug-likeness (QED) is 0.0530. The van der Waals surface area contributed by atoms with E-state index in [1.54, 1.807) is 0 Å². The van der Waals surface area contributed by atoms with Crippen LogP contribution in [-0.4, -0.2) is 26.4 Å². The van der Waals surface area contributed by atoms with Crippen LogP contribution in [0.3, 0.4) is 0 Å². The van der Waals surface area contributed by atoms with Gasteiger partial charge < -0.3 is 24.7 Å². The van der Waals surface area contributed by atoms with Crippen molar-refractivity contribution in [2.24, 2.45) is 10.2 Å². The molecule has 5 rings (SSSR count). The smallest absolute Gasteiger partial charge is 0.127 e. The molecule has 0 aliphatic heterocycles. The first-order valence-corrected chi connectivity index (χ1v) is 17.9. The van der Waals surface area contributed by atoms with Gasteiger partial charge in [-0.05, 0) is 70.1 Å². The molecule has 0 amide bonds. The molecule has 0 unspecified atom stereocenters. The number of nitrogens with two attached hydrogens (primary N) is 1. The number of ether oxygens (including phenoxy) is 4. The summed E-state index contributed by atoms with van der Waals surface area (Å²) in [6, 6.07) is 18.6. The molecule has 1 aliphatic carbocycles. The van der Waals surface area contributed by atoms with Gasteiger partial charge in [0.2, 0.25) is 0 Å². The Bertz CT molecular complexity index is 1820. The first kappa shape index (κ1) is 36.8. The van der Waals surface area contributed by atoms with Gasteiger partial charge in [-0.2, -0.15) is 0 Å². The van der Waals surface area contributed by atoms with Crippen LogP contribution in [0.1, 0.15) is 97.9 Å². The molecule has 11 nitrogen and oxygen atoms in total. The second kappa shape index (κ2) is 17.9. The lowest BCUT2D eigenvalue weighted by molar-refractivity contribution is 0.305. The predicted octanol–water partition coefficient (Wildman–Crippen LogP) is 11.0. The number of benzene rings is 4. The fourth-order valence-electron chi connectivity index (χ4n) is 6.57. The molecular formula is C40H47N7O4. The Morgan fingerprint density at radius 3 is 1.10 bits per heavy atom. The number of para-hydroxylation sites is 3. The highest BCUT2D eigenvalue weighted by Crippen LogP contribution is 2.49. The van der Waals surface area contributed by atoms with E-state index in [-0.39, 0.29) is 29.9 Å². The molecule has 0 heterocycles. The summed E-state index contributed by atoms with van der Waals surface area (Å²) in [5, 5.41) is 8.15. The van der Waals surface area contributed by atoms with E-state index in [1.165, 1.54) is 0 Å². The summed E-state index contributed by atoms with van der Waals surface area (Å²) in [7, 11) is 0. The second-order valence-electron chi connectivity index (χ2n) is 12.6. The molecule has 1 aliphatic rings. The van der Waals surface area contributed by atoms with E-state index in [0.717, 1.165) is 76.3 Å². The molecule has 0 fully saturated rings. The summed E-state index contributed by atoms with van der Waals surface area (Å²) in [5.74, 6) is 2.86. The van der Waals surface area contributed by atoms with Gasteiger partial charge in [0.15, 0.2) is 0 Å². The maximum absolute atomic E-state index is 9.75. The average Bonchev–Trinajstić information content (AvgIpc) is 3.13. The number of rotatable bonds is 14. The maximum atomic E-state index is 9.75. The summed E-state index contributed by atoms with van der Waals surface area (Å²) < 4.78 is 26.1. The van der Waals surface area contributed by atoms with Gasteiger partial charge in [0.05, 0.1) is 43.5 Å². The Morgan fingerprint density at radius 2 is 0.804 bits per heavy atom. The fourth-order valence-corrected chi connectivity index (χ4v) is 6.57. The summed E-state index contributed by atoms with van der Waals surface area (Å²) in [4.78, 5) is 6.28. The van der Waals surface area contributed by atoms with E-state index in [4.69, 9.17) is 24.7 Å². The summed E-state index contributed by atoms with van der Waals surface area (Å²) in [6.07, 6.45) is 4.95. The summed E-state index contributed by atoms with van der Waals surface area (Å²) in [5.41, 5.74) is 33.8. The minimum absolute atomic E-state index is 0.0904. The SMILES string of the molecule is CCCOc1c2cccc1Cc1cccc(c1OCCC)Cc1c(N=[N+]=[N-])c(N)c(N=[N+]=[N-])c(c1OCCC)Cc1cccc(c1OCCC)C2. The molecule has 0 aromatic heterocycles. The number of fused-ring (bicyclic) bond motifs is 8. The van der Waals surface area contributed by atoms with Crippen LogP contribution in [0.15, 0.2) is 64.8 Å². The van der Waals surface area contributed by atoms with Crippen molar-refractivity contribution < 1.29 is 18.9 Å². The molecule has 0 atom stereocenters. The Hall–Kier alpha value is -5.50. The van der Waals surface area contributed by atoms with Crippen LogP contribution in [0.2, 0.25) is 0 Å². The second-order valence-corrected chi connectivity index (χ2v) is 12.6. The molecule has 11 heteroatoms. The van der Waals surface area contributed by atoms with Gasteiger partial charge in [0.1, 0.15) is 23.0 Å². The molecule has 8 bridgehead atoms. The van der Waals surface area contributed by atoms with Crippen LogP contribution in [0, 0.1) is 0 Å². The minimum Gasteiger partial charge on any atom is -0.493 e. The summed E-state index contributed by atoms with van der Waals surface area (Å²) >= 11 is 0. The van der Waals surface area contributed by atoms with Crippen LogP contribution in [0.4, 0.5) is 17.1 Å². The van der Waals surface area contributed by atoms with Gasteiger partial charge in [0.25, 0.3) is 0 Å². The lowest BCUT2D eigenvalue weighted by Crippen LogP contribution is -2.11. The topological polar surface area (TPSA) is 160 Å². The Balaban J connectivity index is 1.90. The van der Waals surface area contributed by atoms with E-state index < -0.39 is 0 Å². The number of anilines is 1. The number of nitrogens with zero attached hydrogens (tertiary/aromatic N) is 6. The molecule has 51 heavy (non-hydrogen) atoms. The molecule has 4 aromatic carbocycles. The van der Waals surface area contributed by atoms with Crippen LogP contribution in [0.25, 0.3) is 20.9 Å². The third-order valence-corrected chi connectivity index (χ3v) is 8.75. The highest BCUT2D eigenvalue weighted by molar-refractivity contribution is 5.86. The van der Waals surface area contributed by atoms with E-state index in [9.17, 15) is 11.1 Å². The van der Waals surface area contributed by atoms with Crippen LogP contribution < -0.4 is 24.7 Å². The van der Waals surface area contributed by atoms with Crippen LogP contribution >= 0.6 is 0 Å². The van der Waals surface area contributed by atoms with Gasteiger partial charge >= 0.3 is 0 Å². The van der Waals surface area contributed by atoms with Crippen molar-refractivity contribution in [1.82, 2.24) is 0 Å².